The maximum absolute atomic E-state index is 13.7. The normalized spacial score (nSPS) is 17.5. The molecule has 2 amide bonds. The Balaban J connectivity index is 1.49. The van der Waals surface area contributed by atoms with E-state index in [1.54, 1.807) is 96.1 Å². The molecule has 0 aromatic heterocycles. The van der Waals surface area contributed by atoms with Crippen LogP contribution in [0.5, 0.6) is 5.75 Å². The number of amides is 2. The monoisotopic (exact) mass is 619 g/mol. The van der Waals surface area contributed by atoms with Crippen molar-refractivity contribution in [1.82, 2.24) is 10.2 Å². The van der Waals surface area contributed by atoms with E-state index in [0.29, 0.717) is 29.0 Å². The Bertz CT molecular complexity index is 1560. The Morgan fingerprint density at radius 2 is 1.59 bits per heavy atom. The van der Waals surface area contributed by atoms with Gasteiger partial charge in [-0.15, -0.1) is 0 Å². The zero-order chi connectivity index (χ0) is 32.1. The second-order valence-corrected chi connectivity index (χ2v) is 13.7. The van der Waals surface area contributed by atoms with Crippen LogP contribution < -0.4 is 10.1 Å². The Morgan fingerprint density at radius 3 is 2.18 bits per heavy atom. The predicted octanol–water partition coefficient (Wildman–Crippen LogP) is 6.27. The number of phosphoric acid groups is 1. The Hall–Kier alpha value is -4.00. The molecule has 44 heavy (non-hydrogen) atoms. The molecule has 1 atom stereocenters. The van der Waals surface area contributed by atoms with E-state index in [1.165, 1.54) is 0 Å². The highest BCUT2D eigenvalue weighted by molar-refractivity contribution is 7.48. The van der Waals surface area contributed by atoms with E-state index in [9.17, 15) is 19.4 Å². The number of nitrogens with one attached hydrogen (secondary N) is 1. The van der Waals surface area contributed by atoms with Gasteiger partial charge in [0.25, 0.3) is 11.8 Å². The molecule has 0 fully saturated rings. The number of phosphoric ester groups is 1. The van der Waals surface area contributed by atoms with Gasteiger partial charge in [-0.1, -0.05) is 48.5 Å². The van der Waals surface area contributed by atoms with Crippen LogP contribution in [0.3, 0.4) is 0 Å². The summed E-state index contributed by atoms with van der Waals surface area (Å²) in [5, 5.41) is 12.5. The van der Waals surface area contributed by atoms with E-state index in [-0.39, 0.29) is 30.5 Å². The number of benzene rings is 2. The molecule has 11 heteroatoms. The van der Waals surface area contributed by atoms with Gasteiger partial charge < -0.3 is 10.1 Å². The van der Waals surface area contributed by atoms with Crippen molar-refractivity contribution in [2.75, 3.05) is 13.2 Å². The van der Waals surface area contributed by atoms with E-state index in [2.05, 4.69) is 11.4 Å². The lowest BCUT2D eigenvalue weighted by Gasteiger charge is -2.31. The van der Waals surface area contributed by atoms with E-state index in [0.717, 1.165) is 4.90 Å². The molecule has 0 saturated carbocycles. The van der Waals surface area contributed by atoms with E-state index in [1.807, 2.05) is 18.2 Å². The lowest BCUT2D eigenvalue weighted by Crippen LogP contribution is -2.36. The van der Waals surface area contributed by atoms with Crippen molar-refractivity contribution in [3.8, 4) is 11.8 Å². The van der Waals surface area contributed by atoms with E-state index in [4.69, 9.17) is 18.3 Å². The summed E-state index contributed by atoms with van der Waals surface area (Å²) < 4.78 is 36.4. The first-order chi connectivity index (χ1) is 20.7. The summed E-state index contributed by atoms with van der Waals surface area (Å²) in [6, 6.07) is 18.0. The van der Waals surface area contributed by atoms with Crippen LogP contribution in [0.4, 0.5) is 0 Å². The Labute approximate surface area is 258 Å². The highest BCUT2D eigenvalue weighted by atomic mass is 31.2. The first kappa shape index (κ1) is 32.9. The smallest absolute Gasteiger partial charge is 0.475 e. The number of allylic oxidation sites excluding steroid dienone is 1. The van der Waals surface area contributed by atoms with Gasteiger partial charge in [0.1, 0.15) is 23.6 Å². The zero-order valence-corrected chi connectivity index (χ0v) is 26.7. The number of hydrogen-bond donors (Lipinski definition) is 1. The first-order valence-electron chi connectivity index (χ1n) is 14.3. The topological polar surface area (TPSA) is 127 Å². The molecular formula is C33H38N3O7P. The van der Waals surface area contributed by atoms with Gasteiger partial charge in [0, 0.05) is 12.1 Å². The molecule has 1 aliphatic heterocycles. The molecule has 1 heterocycles. The third-order valence-electron chi connectivity index (χ3n) is 6.18. The highest BCUT2D eigenvalue weighted by Gasteiger charge is 2.41. The maximum Gasteiger partial charge on any atom is 0.475 e. The quantitative estimate of drug-likeness (QED) is 0.229. The highest BCUT2D eigenvalue weighted by Crippen LogP contribution is 2.55. The number of nitrogens with zero attached hydrogens (tertiary/aromatic N) is 2. The summed E-state index contributed by atoms with van der Waals surface area (Å²) in [5.74, 6) is -0.565. The number of imide groups is 1. The lowest BCUT2D eigenvalue weighted by atomic mass is 10.0. The van der Waals surface area contributed by atoms with E-state index < -0.39 is 30.8 Å². The van der Waals surface area contributed by atoms with Crippen molar-refractivity contribution in [3.05, 3.63) is 95.3 Å². The number of ether oxygens (including phenoxy) is 1. The predicted molar refractivity (Wildman–Crippen MR) is 166 cm³/mol. The number of rotatable bonds is 11. The second-order valence-electron chi connectivity index (χ2n) is 12.2. The molecule has 2 aliphatic rings. The second kappa shape index (κ2) is 13.3. The summed E-state index contributed by atoms with van der Waals surface area (Å²) in [4.78, 5) is 28.3. The van der Waals surface area contributed by atoms with Crippen LogP contribution in [0.25, 0.3) is 5.57 Å². The fourth-order valence-corrected chi connectivity index (χ4v) is 6.29. The molecule has 1 aliphatic carbocycles. The van der Waals surface area contributed by atoms with Gasteiger partial charge >= 0.3 is 7.82 Å². The van der Waals surface area contributed by atoms with Gasteiger partial charge in [0.2, 0.25) is 0 Å². The molecule has 232 valence electrons. The van der Waals surface area contributed by atoms with Gasteiger partial charge in [-0.25, -0.2) is 4.57 Å². The molecule has 0 saturated heterocycles. The average molecular weight is 620 g/mol. The summed E-state index contributed by atoms with van der Waals surface area (Å²) in [7, 11) is -4.04. The van der Waals surface area contributed by atoms with Gasteiger partial charge in [-0.2, -0.15) is 5.26 Å². The molecule has 1 N–H and O–H groups in total. The largest absolute Gasteiger partial charge is 0.485 e. The molecule has 2 aromatic rings. The Morgan fingerprint density at radius 1 is 0.955 bits per heavy atom. The number of nitriles is 1. The minimum atomic E-state index is -4.04. The van der Waals surface area contributed by atoms with Gasteiger partial charge in [-0.05, 0) is 71.4 Å². The first-order valence-corrected chi connectivity index (χ1v) is 15.8. The zero-order valence-electron chi connectivity index (χ0n) is 25.8. The summed E-state index contributed by atoms with van der Waals surface area (Å²) >= 11 is 0. The minimum absolute atomic E-state index is 0.117. The fourth-order valence-electron chi connectivity index (χ4n) is 4.50. The van der Waals surface area contributed by atoms with Crippen LogP contribution in [0.15, 0.2) is 84.2 Å². The van der Waals surface area contributed by atoms with Crippen LogP contribution in [0, 0.1) is 11.3 Å². The van der Waals surface area contributed by atoms with Crippen molar-refractivity contribution >= 4 is 25.2 Å². The van der Waals surface area contributed by atoms with Crippen LogP contribution in [-0.4, -0.2) is 47.2 Å². The van der Waals surface area contributed by atoms with Crippen LogP contribution in [0.2, 0.25) is 0 Å². The number of carbonyl (C=O) groups excluding carboxylic acids is 2. The van der Waals surface area contributed by atoms with Crippen molar-refractivity contribution in [2.45, 2.75) is 65.3 Å². The van der Waals surface area contributed by atoms with Crippen LogP contribution in [0.1, 0.15) is 59.1 Å². The Kier molecular flexibility index (Phi) is 9.97. The summed E-state index contributed by atoms with van der Waals surface area (Å²) in [6.07, 6.45) is 5.63. The SMILES string of the molecule is CC(C)(C)OP(=O)(OCCN1C(=O)C(NC2=CCC(Oc3ccccc3C#N)C=C2)=C(c2ccccc2)C1=O)OC(C)(C)C. The van der Waals surface area contributed by atoms with Crippen molar-refractivity contribution in [2.24, 2.45) is 0 Å². The fraction of sp³-hybridized carbons (Fsp3) is 0.364. The summed E-state index contributed by atoms with van der Waals surface area (Å²) in [6.45, 7) is 9.93. The standard InChI is InChI=1S/C33H38N3O7P/c1-32(2,3)42-44(39,43-33(4,5)6)40-21-20-36-30(37)28(23-12-8-7-9-13-23)29(31(36)38)35-25-16-18-26(19-17-25)41-27-15-11-10-14-24(27)22-34/h7-18,26,35H,19-21H2,1-6H3. The molecule has 0 bridgehead atoms. The maximum atomic E-state index is 13.7. The third-order valence-corrected chi connectivity index (χ3v) is 8.22. The molecule has 4 rings (SSSR count). The van der Waals surface area contributed by atoms with Gasteiger partial charge in [0.05, 0.1) is 35.5 Å². The number of para-hydroxylation sites is 1. The number of hydrogen-bond acceptors (Lipinski definition) is 9. The van der Waals surface area contributed by atoms with Crippen molar-refractivity contribution < 1.29 is 32.5 Å². The van der Waals surface area contributed by atoms with Crippen LogP contribution >= 0.6 is 7.82 Å². The van der Waals surface area contributed by atoms with Gasteiger partial charge in [-0.3, -0.25) is 28.1 Å². The van der Waals surface area contributed by atoms with Crippen LogP contribution in [-0.2, 0) is 27.7 Å². The molecule has 0 spiro atoms. The van der Waals surface area contributed by atoms with Crippen molar-refractivity contribution in [1.29, 1.82) is 5.26 Å². The summed E-state index contributed by atoms with van der Waals surface area (Å²) in [5.41, 5.74) is 0.300. The molecule has 0 radical (unpaired) electrons. The molecule has 2 aromatic carbocycles. The molecule has 1 unspecified atom stereocenters. The minimum Gasteiger partial charge on any atom is -0.485 e. The number of carbonyl (C=O) groups is 2. The molecular weight excluding hydrogens is 581 g/mol. The van der Waals surface area contributed by atoms with Crippen molar-refractivity contribution in [3.63, 3.8) is 0 Å². The lowest BCUT2D eigenvalue weighted by molar-refractivity contribution is -0.137. The average Bonchev–Trinajstić information content (AvgIpc) is 3.16. The third kappa shape index (κ3) is 8.55. The molecule has 10 nitrogen and oxygen atoms in total. The van der Waals surface area contributed by atoms with E-state index >= 15 is 0 Å². The van der Waals surface area contributed by atoms with Gasteiger partial charge in [0.15, 0.2) is 0 Å².